The van der Waals surface area contributed by atoms with E-state index in [0.29, 0.717) is 11.8 Å². The highest BCUT2D eigenvalue weighted by molar-refractivity contribution is 6.36. The zero-order chi connectivity index (χ0) is 37.9. The van der Waals surface area contributed by atoms with Crippen molar-refractivity contribution in [1.29, 1.82) is 0 Å². The van der Waals surface area contributed by atoms with Crippen LogP contribution < -0.4 is 31.6 Å². The summed E-state index contributed by atoms with van der Waals surface area (Å²) in [5, 5.41) is 21.1. The van der Waals surface area contributed by atoms with Crippen molar-refractivity contribution in [2.24, 2.45) is 11.8 Å². The van der Waals surface area contributed by atoms with Crippen LogP contribution in [-0.4, -0.2) is 68.6 Å². The number of anilines is 1. The maximum Gasteiger partial charge on any atom is 0.573 e. The summed E-state index contributed by atoms with van der Waals surface area (Å²) in [5.41, 5.74) is -1.43. The molecule has 53 heavy (non-hydrogen) atoms. The number of hydrogen-bond donors (Lipinski definition) is 5. The van der Waals surface area contributed by atoms with Gasteiger partial charge in [0.1, 0.15) is 35.3 Å². The molecule has 6 rings (SSSR count). The van der Waals surface area contributed by atoms with E-state index in [1.54, 1.807) is 0 Å². The second kappa shape index (κ2) is 15.6. The number of aromatic nitrogens is 2. The Bertz CT molecular complexity index is 1980. The molecular weight excluding hydrogens is 701 g/mol. The van der Waals surface area contributed by atoms with Gasteiger partial charge >= 0.3 is 6.36 Å². The lowest BCUT2D eigenvalue weighted by molar-refractivity contribution is -0.274. The number of aromatic hydroxyl groups is 1. The Labute approximate surface area is 300 Å². The van der Waals surface area contributed by atoms with Crippen LogP contribution >= 0.6 is 0 Å². The van der Waals surface area contributed by atoms with E-state index in [2.05, 4.69) is 31.0 Å². The standard InChI is InChI=1S/C36H39F3N6O8/c37-36(38,39)53-22-9-10-25-23(16-22)31(48)24(17-40-25)32(49)43-26(11-12-29(46)34(51)41-21-4-1-2-5-21)33(50)44-27-6-3-13-45(35(27)52)18-30(47)42-28-15-19-7-8-20(28)14-19/h3,6,9-10,13,16-17,19-21,26,28H,1-2,4-5,7-8,11-12,14-15,18H2,(H,40,48)(H,41,51)(H,42,47)(H,43,49)(H,44,50)/t19-,20+,26+,28-/m1/s1. The van der Waals surface area contributed by atoms with Crippen LogP contribution in [0.5, 0.6) is 11.5 Å². The molecule has 14 nitrogen and oxygen atoms in total. The number of ether oxygens (including phenoxy) is 1. The highest BCUT2D eigenvalue weighted by Crippen LogP contribution is 2.44. The van der Waals surface area contributed by atoms with Crippen molar-refractivity contribution in [3.05, 3.63) is 58.6 Å². The van der Waals surface area contributed by atoms with Crippen molar-refractivity contribution in [3.63, 3.8) is 0 Å². The Kier molecular flexibility index (Phi) is 11.0. The van der Waals surface area contributed by atoms with Gasteiger partial charge in [0, 0.05) is 36.3 Å². The number of ketones is 1. The molecule has 17 heteroatoms. The second-order valence-corrected chi connectivity index (χ2v) is 13.9. The van der Waals surface area contributed by atoms with Crippen LogP contribution in [0, 0.1) is 11.8 Å². The Balaban J connectivity index is 1.18. The second-order valence-electron chi connectivity index (χ2n) is 13.9. The van der Waals surface area contributed by atoms with Gasteiger partial charge in [-0.25, -0.2) is 0 Å². The van der Waals surface area contributed by atoms with Gasteiger partial charge in [-0.1, -0.05) is 19.3 Å². The summed E-state index contributed by atoms with van der Waals surface area (Å²) < 4.78 is 43.5. The van der Waals surface area contributed by atoms with Crippen molar-refractivity contribution >= 4 is 46.0 Å². The topological polar surface area (TPSA) is 198 Å². The molecule has 3 aromatic rings. The average Bonchev–Trinajstić information content (AvgIpc) is 3.88. The number of carbonyl (C=O) groups is 5. The van der Waals surface area contributed by atoms with Crippen molar-refractivity contribution in [2.75, 3.05) is 5.32 Å². The first kappa shape index (κ1) is 37.3. The van der Waals surface area contributed by atoms with Crippen LogP contribution in [-0.2, 0) is 25.7 Å². The number of halogens is 3. The Morgan fingerprint density at radius 1 is 1.02 bits per heavy atom. The molecule has 282 valence electrons. The van der Waals surface area contributed by atoms with E-state index in [-0.39, 0.29) is 41.1 Å². The summed E-state index contributed by atoms with van der Waals surface area (Å²) in [7, 11) is 0. The average molecular weight is 741 g/mol. The molecular formula is C36H39F3N6O8. The number of nitrogens with one attached hydrogen (secondary N) is 4. The molecule has 0 unspecified atom stereocenters. The molecule has 2 aromatic heterocycles. The number of pyridine rings is 2. The summed E-state index contributed by atoms with van der Waals surface area (Å²) in [4.78, 5) is 82.6. The van der Waals surface area contributed by atoms with Crippen LogP contribution in [0.1, 0.15) is 74.6 Å². The van der Waals surface area contributed by atoms with Gasteiger partial charge < -0.3 is 35.7 Å². The smallest absolute Gasteiger partial charge is 0.506 e. The minimum Gasteiger partial charge on any atom is -0.506 e. The summed E-state index contributed by atoms with van der Waals surface area (Å²) in [6, 6.07) is 4.05. The molecule has 3 aliphatic rings. The maximum absolute atomic E-state index is 13.6. The number of carbonyl (C=O) groups excluding carboxylic acids is 5. The van der Waals surface area contributed by atoms with Crippen molar-refractivity contribution in [3.8, 4) is 11.5 Å². The molecule has 5 N–H and O–H groups in total. The summed E-state index contributed by atoms with van der Waals surface area (Å²) >= 11 is 0. The largest absolute Gasteiger partial charge is 0.573 e. The predicted octanol–water partition coefficient (Wildman–Crippen LogP) is 3.45. The Morgan fingerprint density at radius 3 is 2.49 bits per heavy atom. The third kappa shape index (κ3) is 9.13. The van der Waals surface area contributed by atoms with Crippen LogP contribution in [0.15, 0.2) is 47.5 Å². The zero-order valence-corrected chi connectivity index (χ0v) is 28.5. The number of amides is 4. The molecule has 0 spiro atoms. The van der Waals surface area contributed by atoms with Gasteiger partial charge in [0.25, 0.3) is 17.4 Å². The van der Waals surface area contributed by atoms with Crippen LogP contribution in [0.2, 0.25) is 0 Å². The highest BCUT2D eigenvalue weighted by Gasteiger charge is 2.40. The maximum atomic E-state index is 13.6. The minimum atomic E-state index is -5.03. The first-order valence-electron chi connectivity index (χ1n) is 17.6. The van der Waals surface area contributed by atoms with Gasteiger partial charge in [0.2, 0.25) is 17.6 Å². The first-order valence-corrected chi connectivity index (χ1v) is 17.6. The SMILES string of the molecule is O=C(Cn1cccc(NC(=O)[C@H](CCC(=O)C(=O)NC2CCCC2)NC(=O)c2cnc3ccc(OC(F)(F)F)cc3c2O)c1=O)N[C@@H]1C[C@@H]2CC[C@H]1C2. The molecule has 4 amide bonds. The van der Waals surface area contributed by atoms with E-state index in [4.69, 9.17) is 0 Å². The summed E-state index contributed by atoms with van der Waals surface area (Å²) in [5.74, 6) is -4.51. The summed E-state index contributed by atoms with van der Waals surface area (Å²) in [6.07, 6.45) is 3.88. The Hall–Kier alpha value is -5.48. The number of hydrogen-bond acceptors (Lipinski definition) is 9. The van der Waals surface area contributed by atoms with E-state index in [1.807, 2.05) is 0 Å². The third-order valence-corrected chi connectivity index (χ3v) is 10.2. The van der Waals surface area contributed by atoms with Crippen molar-refractivity contribution in [2.45, 2.75) is 95.2 Å². The fourth-order valence-electron chi connectivity index (χ4n) is 7.56. The molecule has 0 radical (unpaired) electrons. The van der Waals surface area contributed by atoms with E-state index in [0.717, 1.165) is 80.3 Å². The Morgan fingerprint density at radius 2 is 1.79 bits per heavy atom. The molecule has 3 aliphatic carbocycles. The number of fused-ring (bicyclic) bond motifs is 3. The van der Waals surface area contributed by atoms with Crippen molar-refractivity contribution < 1.29 is 47.0 Å². The lowest BCUT2D eigenvalue weighted by atomic mass is 9.95. The number of nitrogens with zero attached hydrogens (tertiary/aromatic N) is 2. The molecule has 0 aliphatic heterocycles. The van der Waals surface area contributed by atoms with Crippen LogP contribution in [0.25, 0.3) is 10.9 Å². The third-order valence-electron chi connectivity index (χ3n) is 10.2. The van der Waals surface area contributed by atoms with E-state index in [1.165, 1.54) is 18.3 Å². The van der Waals surface area contributed by atoms with Crippen LogP contribution in [0.4, 0.5) is 18.9 Å². The minimum absolute atomic E-state index is 0.0336. The van der Waals surface area contributed by atoms with E-state index in [9.17, 15) is 47.0 Å². The monoisotopic (exact) mass is 740 g/mol. The predicted molar refractivity (Wildman–Crippen MR) is 183 cm³/mol. The number of Topliss-reactive ketones (excluding diaryl/α,β-unsaturated/α-hetero) is 1. The molecule has 3 fully saturated rings. The molecule has 1 aromatic carbocycles. The van der Waals surface area contributed by atoms with Gasteiger partial charge in [0.05, 0.1) is 5.52 Å². The van der Waals surface area contributed by atoms with Crippen LogP contribution in [0.3, 0.4) is 0 Å². The number of alkyl halides is 3. The lowest BCUT2D eigenvalue weighted by Crippen LogP contribution is -2.46. The molecule has 3 saturated carbocycles. The van der Waals surface area contributed by atoms with Gasteiger partial charge in [0.15, 0.2) is 0 Å². The fourth-order valence-corrected chi connectivity index (χ4v) is 7.56. The zero-order valence-electron chi connectivity index (χ0n) is 28.5. The van der Waals surface area contributed by atoms with Crippen molar-refractivity contribution in [1.82, 2.24) is 25.5 Å². The van der Waals surface area contributed by atoms with Gasteiger partial charge in [-0.2, -0.15) is 0 Å². The fraction of sp³-hybridized carbons (Fsp3) is 0.472. The van der Waals surface area contributed by atoms with E-state index >= 15 is 0 Å². The van der Waals surface area contributed by atoms with Gasteiger partial charge in [-0.3, -0.25) is 33.8 Å². The highest BCUT2D eigenvalue weighted by atomic mass is 19.4. The van der Waals surface area contributed by atoms with Gasteiger partial charge in [-0.05, 0) is 80.7 Å². The normalized spacial score (nSPS) is 20.2. The molecule has 2 bridgehead atoms. The first-order chi connectivity index (χ1) is 25.2. The van der Waals surface area contributed by atoms with E-state index < -0.39 is 71.4 Å². The summed E-state index contributed by atoms with van der Waals surface area (Å²) in [6.45, 7) is -0.300. The molecule has 4 atom stereocenters. The van der Waals surface area contributed by atoms with Gasteiger partial charge in [-0.15, -0.1) is 13.2 Å². The molecule has 0 saturated heterocycles. The quantitative estimate of drug-likeness (QED) is 0.163. The lowest BCUT2D eigenvalue weighted by Gasteiger charge is -2.23. The molecule has 2 heterocycles. The number of rotatable bonds is 13. The number of benzene rings is 1.